The molecule has 1 aromatic rings. The second-order valence-corrected chi connectivity index (χ2v) is 5.37. The van der Waals surface area contributed by atoms with E-state index in [2.05, 4.69) is 10.2 Å². The van der Waals surface area contributed by atoms with Gasteiger partial charge in [0.25, 0.3) is 0 Å². The van der Waals surface area contributed by atoms with Crippen LogP contribution >= 0.6 is 0 Å². The third-order valence-corrected chi connectivity index (χ3v) is 4.04. The summed E-state index contributed by atoms with van der Waals surface area (Å²) in [5, 5.41) is 5.28. The first-order chi connectivity index (χ1) is 9.60. The summed E-state index contributed by atoms with van der Waals surface area (Å²) in [7, 11) is 0. The second kappa shape index (κ2) is 5.51. The Morgan fingerprint density at radius 1 is 1.10 bits per heavy atom. The van der Waals surface area contributed by atoms with Crippen LogP contribution in [0.1, 0.15) is 43.0 Å². The molecule has 21 heavy (non-hydrogen) atoms. The van der Waals surface area contributed by atoms with Gasteiger partial charge in [-0.15, -0.1) is 0 Å². The average Bonchev–Trinajstić information content (AvgIpc) is 2.86. The third kappa shape index (κ3) is 3.50. The van der Waals surface area contributed by atoms with Gasteiger partial charge in [0, 0.05) is 17.8 Å². The predicted octanol–water partition coefficient (Wildman–Crippen LogP) is 3.80. The Morgan fingerprint density at radius 3 is 2.14 bits per heavy atom. The molecule has 1 fully saturated rings. The summed E-state index contributed by atoms with van der Waals surface area (Å²) in [6, 6.07) is -0.963. The molecule has 1 atom stereocenters. The van der Waals surface area contributed by atoms with Crippen LogP contribution in [0, 0.1) is 11.8 Å². The van der Waals surface area contributed by atoms with Crippen molar-refractivity contribution in [3.63, 3.8) is 0 Å². The van der Waals surface area contributed by atoms with Crippen LogP contribution in [0.25, 0.3) is 0 Å². The largest absolute Gasteiger partial charge is 0.435 e. The maximum absolute atomic E-state index is 12.7. The van der Waals surface area contributed by atoms with Crippen molar-refractivity contribution in [3.8, 4) is 0 Å². The average molecular weight is 315 g/mol. The van der Waals surface area contributed by atoms with Crippen molar-refractivity contribution in [1.29, 1.82) is 0 Å². The van der Waals surface area contributed by atoms with Crippen molar-refractivity contribution in [2.45, 2.75) is 44.1 Å². The number of halogens is 6. The highest BCUT2D eigenvalue weighted by molar-refractivity contribution is 5.23. The van der Waals surface area contributed by atoms with Crippen LogP contribution in [-0.4, -0.2) is 16.4 Å². The summed E-state index contributed by atoms with van der Waals surface area (Å²) in [5.41, 5.74) is 4.55. The molecule has 0 aromatic carbocycles. The van der Waals surface area contributed by atoms with Crippen LogP contribution < -0.4 is 5.73 Å². The van der Waals surface area contributed by atoms with Crippen molar-refractivity contribution < 1.29 is 26.3 Å². The van der Waals surface area contributed by atoms with Gasteiger partial charge in [-0.3, -0.25) is 5.10 Å². The van der Waals surface area contributed by atoms with E-state index < -0.39 is 35.9 Å². The zero-order chi connectivity index (χ0) is 15.8. The molecular weight excluding hydrogens is 300 g/mol. The fraction of sp³-hybridized carbons (Fsp3) is 0.750. The summed E-state index contributed by atoms with van der Waals surface area (Å²) in [6.07, 6.45) is -7.68. The monoisotopic (exact) mass is 315 g/mol. The first-order valence-corrected chi connectivity index (χ1v) is 6.54. The number of aromatic nitrogens is 2. The van der Waals surface area contributed by atoms with Crippen LogP contribution in [0.3, 0.4) is 0 Å². The lowest BCUT2D eigenvalue weighted by Crippen LogP contribution is -2.32. The number of nitrogens with two attached hydrogens (primary N) is 1. The van der Waals surface area contributed by atoms with Gasteiger partial charge >= 0.3 is 12.4 Å². The van der Waals surface area contributed by atoms with E-state index in [4.69, 9.17) is 5.73 Å². The summed E-state index contributed by atoms with van der Waals surface area (Å²) in [5.74, 6) is -1.78. The van der Waals surface area contributed by atoms with Crippen molar-refractivity contribution in [2.75, 3.05) is 0 Å². The molecule has 0 radical (unpaired) electrons. The summed E-state index contributed by atoms with van der Waals surface area (Å²) in [6.45, 7) is 0. The molecule has 1 unspecified atom stereocenters. The Bertz CT molecular complexity index is 470. The van der Waals surface area contributed by atoms with Gasteiger partial charge in [0.2, 0.25) is 0 Å². The summed E-state index contributed by atoms with van der Waals surface area (Å²) >= 11 is 0. The fourth-order valence-corrected chi connectivity index (χ4v) is 2.84. The Kier molecular flexibility index (Phi) is 4.23. The number of H-pyrrole nitrogens is 1. The summed E-state index contributed by atoms with van der Waals surface area (Å²) in [4.78, 5) is 0. The SMILES string of the molecule is NC(c1c[nH]nc1C(F)(F)F)C1CCC(C(F)(F)F)CC1. The quantitative estimate of drug-likeness (QED) is 0.816. The molecule has 0 aliphatic heterocycles. The number of alkyl halides is 6. The topological polar surface area (TPSA) is 54.7 Å². The van der Waals surface area contributed by atoms with Crippen molar-refractivity contribution in [3.05, 3.63) is 17.5 Å². The van der Waals surface area contributed by atoms with Crippen LogP contribution in [0.15, 0.2) is 6.20 Å². The first kappa shape index (κ1) is 16.1. The molecule has 1 aromatic heterocycles. The minimum atomic E-state index is -4.63. The van der Waals surface area contributed by atoms with E-state index in [9.17, 15) is 26.3 Å². The standard InChI is InChI=1S/C12H15F6N3/c13-11(14,15)7-3-1-6(2-4-7)9(19)8-5-20-21-10(8)12(16,17)18/h5-7,9H,1-4,19H2,(H,20,21). The number of aromatic amines is 1. The van der Waals surface area contributed by atoms with Gasteiger partial charge in [-0.1, -0.05) is 0 Å². The summed E-state index contributed by atoms with van der Waals surface area (Å²) < 4.78 is 75.9. The molecule has 1 aliphatic carbocycles. The van der Waals surface area contributed by atoms with E-state index in [1.807, 2.05) is 0 Å². The molecule has 0 spiro atoms. The Labute approximate surface area is 116 Å². The van der Waals surface area contributed by atoms with E-state index in [-0.39, 0.29) is 31.2 Å². The third-order valence-electron chi connectivity index (χ3n) is 4.04. The highest BCUT2D eigenvalue weighted by Crippen LogP contribution is 2.44. The van der Waals surface area contributed by atoms with E-state index in [0.29, 0.717) is 0 Å². The fourth-order valence-electron chi connectivity index (χ4n) is 2.84. The Hall–Kier alpha value is -1.25. The molecular formula is C12H15F6N3. The van der Waals surface area contributed by atoms with Crippen LogP contribution in [0.4, 0.5) is 26.3 Å². The molecule has 1 heterocycles. The minimum Gasteiger partial charge on any atom is -0.324 e. The lowest BCUT2D eigenvalue weighted by molar-refractivity contribution is -0.184. The van der Waals surface area contributed by atoms with E-state index in [0.717, 1.165) is 6.20 Å². The van der Waals surface area contributed by atoms with Gasteiger partial charge in [-0.25, -0.2) is 0 Å². The van der Waals surface area contributed by atoms with Gasteiger partial charge in [-0.05, 0) is 31.6 Å². The van der Waals surface area contributed by atoms with Gasteiger partial charge in [-0.2, -0.15) is 31.4 Å². The molecule has 9 heteroatoms. The zero-order valence-corrected chi connectivity index (χ0v) is 10.9. The lowest BCUT2D eigenvalue weighted by Gasteiger charge is -2.33. The highest BCUT2D eigenvalue weighted by Gasteiger charge is 2.44. The zero-order valence-electron chi connectivity index (χ0n) is 10.9. The number of nitrogens with one attached hydrogen (secondary N) is 1. The maximum Gasteiger partial charge on any atom is 0.435 e. The molecule has 3 N–H and O–H groups in total. The number of nitrogens with zero attached hydrogens (tertiary/aromatic N) is 1. The number of rotatable bonds is 2. The molecule has 0 amide bonds. The minimum absolute atomic E-state index is 0.0962. The molecule has 3 nitrogen and oxygen atoms in total. The molecule has 120 valence electrons. The van der Waals surface area contributed by atoms with Gasteiger partial charge in [0.1, 0.15) is 0 Å². The second-order valence-electron chi connectivity index (χ2n) is 5.37. The van der Waals surface area contributed by atoms with Crippen LogP contribution in [-0.2, 0) is 6.18 Å². The highest BCUT2D eigenvalue weighted by atomic mass is 19.4. The van der Waals surface area contributed by atoms with Crippen LogP contribution in [0.2, 0.25) is 0 Å². The number of hydrogen-bond donors (Lipinski definition) is 2. The Morgan fingerprint density at radius 2 is 1.67 bits per heavy atom. The van der Waals surface area contributed by atoms with Crippen LogP contribution in [0.5, 0.6) is 0 Å². The van der Waals surface area contributed by atoms with Crippen molar-refractivity contribution >= 4 is 0 Å². The van der Waals surface area contributed by atoms with Gasteiger partial charge in [0.05, 0.1) is 5.92 Å². The van der Waals surface area contributed by atoms with Gasteiger partial charge < -0.3 is 5.73 Å². The molecule has 1 saturated carbocycles. The maximum atomic E-state index is 12.7. The van der Waals surface area contributed by atoms with Crippen molar-refractivity contribution in [1.82, 2.24) is 10.2 Å². The lowest BCUT2D eigenvalue weighted by atomic mass is 9.77. The predicted molar refractivity (Wildman–Crippen MR) is 62.0 cm³/mol. The van der Waals surface area contributed by atoms with Crippen molar-refractivity contribution in [2.24, 2.45) is 17.6 Å². The molecule has 0 bridgehead atoms. The van der Waals surface area contributed by atoms with E-state index >= 15 is 0 Å². The van der Waals surface area contributed by atoms with E-state index in [1.54, 1.807) is 0 Å². The molecule has 2 rings (SSSR count). The smallest absolute Gasteiger partial charge is 0.324 e. The van der Waals surface area contributed by atoms with E-state index in [1.165, 1.54) is 0 Å². The molecule has 1 aliphatic rings. The molecule has 0 saturated heterocycles. The van der Waals surface area contributed by atoms with Gasteiger partial charge in [0.15, 0.2) is 5.69 Å². The normalized spacial score (nSPS) is 25.9. The number of hydrogen-bond acceptors (Lipinski definition) is 2. The first-order valence-electron chi connectivity index (χ1n) is 6.54. The Balaban J connectivity index is 2.06.